The van der Waals surface area contributed by atoms with Crippen molar-refractivity contribution >= 4 is 33.9 Å². The summed E-state index contributed by atoms with van der Waals surface area (Å²) in [5.41, 5.74) is 2.02. The molecule has 30 heavy (non-hydrogen) atoms. The number of hydrogen-bond acceptors (Lipinski definition) is 6. The second-order valence-corrected chi connectivity index (χ2v) is 7.66. The summed E-state index contributed by atoms with van der Waals surface area (Å²) in [7, 11) is 0. The van der Waals surface area contributed by atoms with Gasteiger partial charge < -0.3 is 10.1 Å². The highest BCUT2D eigenvalue weighted by molar-refractivity contribution is 7.17. The van der Waals surface area contributed by atoms with E-state index < -0.39 is 16.8 Å². The maximum Gasteiger partial charge on any atom is 0.341 e. The largest absolute Gasteiger partial charge is 0.462 e. The summed E-state index contributed by atoms with van der Waals surface area (Å²) in [6, 6.07) is 15.5. The monoisotopic (exact) mass is 424 g/mol. The van der Waals surface area contributed by atoms with Gasteiger partial charge in [0.2, 0.25) is 5.91 Å². The number of carbonyl (C=O) groups excluding carboxylic acids is 2. The standard InChI is InChI=1S/C22H20N2O5S/c1-3-29-22(26)20-19(15-9-5-4-6-10-15)14(2)30-21(20)23-18(25)13-16-11-7-8-12-17(16)24(27)28/h4-12H,3,13H2,1-2H3,(H,23,25). The number of para-hydroxylation sites is 1. The highest BCUT2D eigenvalue weighted by atomic mass is 32.1. The maximum atomic E-state index is 12.7. The first-order valence-corrected chi connectivity index (χ1v) is 10.1. The van der Waals surface area contributed by atoms with Gasteiger partial charge in [0.25, 0.3) is 5.69 Å². The maximum absolute atomic E-state index is 12.7. The number of thiophene rings is 1. The van der Waals surface area contributed by atoms with Crippen molar-refractivity contribution in [1.29, 1.82) is 0 Å². The number of anilines is 1. The fourth-order valence-corrected chi connectivity index (χ4v) is 4.25. The molecular weight excluding hydrogens is 404 g/mol. The number of rotatable bonds is 7. The van der Waals surface area contributed by atoms with Crippen LogP contribution in [0.4, 0.5) is 10.7 Å². The number of nitro benzene ring substituents is 1. The van der Waals surface area contributed by atoms with Gasteiger partial charge in [0.05, 0.1) is 18.0 Å². The zero-order chi connectivity index (χ0) is 21.7. The average molecular weight is 424 g/mol. The van der Waals surface area contributed by atoms with Crippen molar-refractivity contribution in [2.75, 3.05) is 11.9 Å². The molecule has 0 bridgehead atoms. The number of carbonyl (C=O) groups is 2. The molecule has 0 aliphatic carbocycles. The van der Waals surface area contributed by atoms with E-state index in [-0.39, 0.29) is 18.7 Å². The summed E-state index contributed by atoms with van der Waals surface area (Å²) < 4.78 is 5.22. The van der Waals surface area contributed by atoms with Gasteiger partial charge in [0.1, 0.15) is 10.6 Å². The number of nitrogens with zero attached hydrogens (tertiary/aromatic N) is 1. The third-order valence-corrected chi connectivity index (χ3v) is 5.44. The summed E-state index contributed by atoms with van der Waals surface area (Å²) in [5, 5.41) is 14.3. The summed E-state index contributed by atoms with van der Waals surface area (Å²) in [6.45, 7) is 3.78. The molecule has 3 rings (SSSR count). The molecule has 0 atom stereocenters. The van der Waals surface area contributed by atoms with Gasteiger partial charge in [-0.3, -0.25) is 14.9 Å². The van der Waals surface area contributed by atoms with E-state index in [1.807, 2.05) is 37.3 Å². The first-order chi connectivity index (χ1) is 14.4. The Balaban J connectivity index is 1.95. The fraction of sp³-hybridized carbons (Fsp3) is 0.182. The Morgan fingerprint density at radius 1 is 1.10 bits per heavy atom. The van der Waals surface area contributed by atoms with Crippen molar-refractivity contribution in [2.24, 2.45) is 0 Å². The number of nitro groups is 1. The molecule has 154 valence electrons. The number of amides is 1. The number of ether oxygens (including phenoxy) is 1. The van der Waals surface area contributed by atoms with Crippen LogP contribution in [0.15, 0.2) is 54.6 Å². The quantitative estimate of drug-likeness (QED) is 0.327. The molecule has 2 aromatic carbocycles. The van der Waals surface area contributed by atoms with Crippen LogP contribution < -0.4 is 5.32 Å². The minimum absolute atomic E-state index is 0.120. The van der Waals surface area contributed by atoms with Gasteiger partial charge in [0, 0.05) is 22.1 Å². The Labute approximate surface area is 177 Å². The van der Waals surface area contributed by atoms with Crippen molar-refractivity contribution in [3.63, 3.8) is 0 Å². The summed E-state index contributed by atoms with van der Waals surface area (Å²) >= 11 is 1.27. The molecular formula is C22H20N2O5S. The molecule has 1 amide bonds. The second-order valence-electron chi connectivity index (χ2n) is 6.43. The van der Waals surface area contributed by atoms with E-state index >= 15 is 0 Å². The number of nitrogens with one attached hydrogen (secondary N) is 1. The van der Waals surface area contributed by atoms with Gasteiger partial charge in [-0.25, -0.2) is 4.79 Å². The van der Waals surface area contributed by atoms with Crippen molar-refractivity contribution < 1.29 is 19.2 Å². The van der Waals surface area contributed by atoms with E-state index in [2.05, 4.69) is 5.32 Å². The lowest BCUT2D eigenvalue weighted by Gasteiger charge is -2.09. The Kier molecular flexibility index (Phi) is 6.58. The third-order valence-electron chi connectivity index (χ3n) is 4.42. The van der Waals surface area contributed by atoms with E-state index in [0.29, 0.717) is 21.7 Å². The van der Waals surface area contributed by atoms with Crippen LogP contribution in [-0.2, 0) is 16.0 Å². The fourth-order valence-electron chi connectivity index (χ4n) is 3.17. The van der Waals surface area contributed by atoms with Crippen molar-refractivity contribution in [3.8, 4) is 11.1 Å². The van der Waals surface area contributed by atoms with Gasteiger partial charge >= 0.3 is 5.97 Å². The SMILES string of the molecule is CCOC(=O)c1c(NC(=O)Cc2ccccc2[N+](=O)[O-])sc(C)c1-c1ccccc1. The lowest BCUT2D eigenvalue weighted by Crippen LogP contribution is -2.17. The minimum atomic E-state index is -0.526. The van der Waals surface area contributed by atoms with E-state index in [9.17, 15) is 19.7 Å². The zero-order valence-corrected chi connectivity index (χ0v) is 17.3. The highest BCUT2D eigenvalue weighted by Crippen LogP contribution is 2.40. The molecule has 0 fully saturated rings. The number of benzene rings is 2. The summed E-state index contributed by atoms with van der Waals surface area (Å²) in [6.07, 6.45) is -0.183. The van der Waals surface area contributed by atoms with Gasteiger partial charge in [-0.15, -0.1) is 11.3 Å². The Morgan fingerprint density at radius 2 is 1.77 bits per heavy atom. The molecule has 0 unspecified atom stereocenters. The average Bonchev–Trinajstić information content (AvgIpc) is 3.04. The third kappa shape index (κ3) is 4.55. The predicted octanol–water partition coefficient (Wildman–Crippen LogP) is 4.99. The van der Waals surface area contributed by atoms with Crippen LogP contribution in [0.1, 0.15) is 27.7 Å². The number of aryl methyl sites for hydroxylation is 1. The molecule has 0 saturated heterocycles. The lowest BCUT2D eigenvalue weighted by molar-refractivity contribution is -0.385. The Morgan fingerprint density at radius 3 is 2.43 bits per heavy atom. The van der Waals surface area contributed by atoms with Gasteiger partial charge in [-0.2, -0.15) is 0 Å². The second kappa shape index (κ2) is 9.32. The predicted molar refractivity (Wildman–Crippen MR) is 116 cm³/mol. The molecule has 0 aliphatic heterocycles. The molecule has 3 aromatic rings. The number of hydrogen-bond donors (Lipinski definition) is 1. The minimum Gasteiger partial charge on any atom is -0.462 e. The zero-order valence-electron chi connectivity index (χ0n) is 16.5. The van der Waals surface area contributed by atoms with E-state index in [4.69, 9.17) is 4.74 Å². The molecule has 0 radical (unpaired) electrons. The molecule has 1 heterocycles. The van der Waals surface area contributed by atoms with Crippen LogP contribution in [0.2, 0.25) is 0 Å². The highest BCUT2D eigenvalue weighted by Gasteiger charge is 2.26. The van der Waals surface area contributed by atoms with Crippen molar-refractivity contribution in [3.05, 3.63) is 80.7 Å². The van der Waals surface area contributed by atoms with Crippen molar-refractivity contribution in [2.45, 2.75) is 20.3 Å². The van der Waals surface area contributed by atoms with E-state index in [0.717, 1.165) is 10.4 Å². The van der Waals surface area contributed by atoms with Crippen LogP contribution in [-0.4, -0.2) is 23.4 Å². The van der Waals surface area contributed by atoms with Gasteiger partial charge in [0.15, 0.2) is 0 Å². The molecule has 0 aliphatic rings. The molecule has 1 N–H and O–H groups in total. The topological polar surface area (TPSA) is 98.5 Å². The Hall–Kier alpha value is -3.52. The number of esters is 1. The van der Waals surface area contributed by atoms with Crippen molar-refractivity contribution in [1.82, 2.24) is 0 Å². The van der Waals surface area contributed by atoms with Crippen LogP contribution in [0.5, 0.6) is 0 Å². The lowest BCUT2D eigenvalue weighted by atomic mass is 10.0. The normalized spacial score (nSPS) is 10.5. The molecule has 1 aromatic heterocycles. The summed E-state index contributed by atoms with van der Waals surface area (Å²) in [5.74, 6) is -0.975. The van der Waals surface area contributed by atoms with Crippen LogP contribution in [0.25, 0.3) is 11.1 Å². The summed E-state index contributed by atoms with van der Waals surface area (Å²) in [4.78, 5) is 36.9. The molecule has 0 spiro atoms. The first kappa shape index (κ1) is 21.2. The van der Waals surface area contributed by atoms with E-state index in [1.54, 1.807) is 25.1 Å². The first-order valence-electron chi connectivity index (χ1n) is 9.30. The molecule has 7 nitrogen and oxygen atoms in total. The van der Waals surface area contributed by atoms with Crippen LogP contribution in [0.3, 0.4) is 0 Å². The Bertz CT molecular complexity index is 1090. The van der Waals surface area contributed by atoms with Gasteiger partial charge in [-0.05, 0) is 19.4 Å². The van der Waals surface area contributed by atoms with Crippen LogP contribution >= 0.6 is 11.3 Å². The molecule has 0 saturated carbocycles. The van der Waals surface area contributed by atoms with Gasteiger partial charge in [-0.1, -0.05) is 48.5 Å². The molecule has 8 heteroatoms. The van der Waals surface area contributed by atoms with E-state index in [1.165, 1.54) is 17.4 Å². The smallest absolute Gasteiger partial charge is 0.341 e. The van der Waals surface area contributed by atoms with Crippen LogP contribution in [0, 0.1) is 17.0 Å².